The smallest absolute Gasteiger partial charge is 0.135 e. The molecule has 21 heavy (non-hydrogen) atoms. The van der Waals surface area contributed by atoms with E-state index in [2.05, 4.69) is 20.8 Å². The summed E-state index contributed by atoms with van der Waals surface area (Å²) in [5.74, 6) is 0.598. The number of aromatic hydroxyl groups is 1. The SMILES string of the molecule is CCOCCC(=O)CCc1cc(C)c(O)c(C(C)(C)C)c1. The molecule has 0 bridgehead atoms. The number of ether oxygens (including phenoxy) is 1. The van der Waals surface area contributed by atoms with Crippen molar-refractivity contribution in [3.63, 3.8) is 0 Å². The van der Waals surface area contributed by atoms with Crippen LogP contribution in [0.15, 0.2) is 12.1 Å². The van der Waals surface area contributed by atoms with Gasteiger partial charge in [-0.15, -0.1) is 0 Å². The molecule has 0 aromatic heterocycles. The van der Waals surface area contributed by atoms with Crippen molar-refractivity contribution in [2.24, 2.45) is 0 Å². The molecule has 0 saturated heterocycles. The third kappa shape index (κ3) is 5.50. The summed E-state index contributed by atoms with van der Waals surface area (Å²) in [5.41, 5.74) is 2.82. The van der Waals surface area contributed by atoms with Gasteiger partial charge in [0.05, 0.1) is 6.61 Å². The standard InChI is InChI=1S/C18H28O3/c1-6-21-10-9-15(19)8-7-14-11-13(2)17(20)16(12-14)18(3,4)5/h11-12,20H,6-10H2,1-5H3. The largest absolute Gasteiger partial charge is 0.507 e. The van der Waals surface area contributed by atoms with Crippen LogP contribution in [-0.4, -0.2) is 24.1 Å². The lowest BCUT2D eigenvalue weighted by molar-refractivity contribution is -0.120. The first-order valence-electron chi connectivity index (χ1n) is 7.68. The van der Waals surface area contributed by atoms with Crippen LogP contribution in [0.3, 0.4) is 0 Å². The zero-order chi connectivity index (χ0) is 16.0. The molecular weight excluding hydrogens is 264 g/mol. The second-order valence-corrected chi connectivity index (χ2v) is 6.54. The Morgan fingerprint density at radius 1 is 1.24 bits per heavy atom. The third-order valence-corrected chi connectivity index (χ3v) is 3.59. The Kier molecular flexibility index (Phi) is 6.41. The maximum absolute atomic E-state index is 11.8. The van der Waals surface area contributed by atoms with Gasteiger partial charge in [-0.2, -0.15) is 0 Å². The number of hydrogen-bond acceptors (Lipinski definition) is 3. The molecule has 0 unspecified atom stereocenters. The summed E-state index contributed by atoms with van der Waals surface area (Å²) < 4.78 is 5.20. The Bertz CT molecular complexity index is 484. The van der Waals surface area contributed by atoms with Crippen LogP contribution in [-0.2, 0) is 21.4 Å². The van der Waals surface area contributed by atoms with Crippen molar-refractivity contribution in [3.8, 4) is 5.75 Å². The predicted molar refractivity (Wildman–Crippen MR) is 86.0 cm³/mol. The minimum absolute atomic E-state index is 0.107. The van der Waals surface area contributed by atoms with Gasteiger partial charge in [0, 0.05) is 19.4 Å². The molecule has 0 saturated carbocycles. The van der Waals surface area contributed by atoms with Gasteiger partial charge in [-0.3, -0.25) is 4.79 Å². The normalized spacial score (nSPS) is 11.7. The van der Waals surface area contributed by atoms with Crippen LogP contribution >= 0.6 is 0 Å². The van der Waals surface area contributed by atoms with E-state index < -0.39 is 0 Å². The fourth-order valence-corrected chi connectivity index (χ4v) is 2.31. The molecule has 0 spiro atoms. The lowest BCUT2D eigenvalue weighted by atomic mass is 9.83. The molecular formula is C18H28O3. The molecule has 1 N–H and O–H groups in total. The highest BCUT2D eigenvalue weighted by Gasteiger charge is 2.20. The van der Waals surface area contributed by atoms with E-state index in [1.165, 1.54) is 0 Å². The molecule has 0 aliphatic carbocycles. The average Bonchev–Trinajstić information content (AvgIpc) is 2.39. The van der Waals surface area contributed by atoms with Crippen molar-refractivity contribution in [1.29, 1.82) is 0 Å². The fraction of sp³-hybridized carbons (Fsp3) is 0.611. The zero-order valence-corrected chi connectivity index (χ0v) is 14.0. The molecule has 0 radical (unpaired) electrons. The van der Waals surface area contributed by atoms with E-state index in [4.69, 9.17) is 4.74 Å². The number of rotatable bonds is 7. The van der Waals surface area contributed by atoms with Crippen molar-refractivity contribution in [1.82, 2.24) is 0 Å². The maximum Gasteiger partial charge on any atom is 0.135 e. The van der Waals surface area contributed by atoms with Crippen molar-refractivity contribution in [3.05, 3.63) is 28.8 Å². The molecule has 118 valence electrons. The third-order valence-electron chi connectivity index (χ3n) is 3.59. The molecule has 3 heteroatoms. The monoisotopic (exact) mass is 292 g/mol. The van der Waals surface area contributed by atoms with E-state index in [1.807, 2.05) is 26.0 Å². The Balaban J connectivity index is 2.72. The predicted octanol–water partition coefficient (Wildman–Crippen LogP) is 3.93. The number of benzene rings is 1. The summed E-state index contributed by atoms with van der Waals surface area (Å²) in [7, 11) is 0. The Hall–Kier alpha value is -1.35. The fourth-order valence-electron chi connectivity index (χ4n) is 2.31. The summed E-state index contributed by atoms with van der Waals surface area (Å²) in [6.07, 6.45) is 1.73. The van der Waals surface area contributed by atoms with Crippen LogP contribution in [0.2, 0.25) is 0 Å². The van der Waals surface area contributed by atoms with Gasteiger partial charge < -0.3 is 9.84 Å². The van der Waals surface area contributed by atoms with Crippen LogP contribution in [0.4, 0.5) is 0 Å². The summed E-state index contributed by atoms with van der Waals surface area (Å²) >= 11 is 0. The van der Waals surface area contributed by atoms with Gasteiger partial charge >= 0.3 is 0 Å². The minimum Gasteiger partial charge on any atom is -0.507 e. The van der Waals surface area contributed by atoms with E-state index in [0.717, 1.165) is 23.1 Å². The maximum atomic E-state index is 11.8. The van der Waals surface area contributed by atoms with Gasteiger partial charge in [-0.05, 0) is 42.4 Å². The molecule has 0 heterocycles. The Morgan fingerprint density at radius 3 is 2.48 bits per heavy atom. The molecule has 1 rings (SSSR count). The number of ketones is 1. The first-order chi connectivity index (χ1) is 9.75. The van der Waals surface area contributed by atoms with Gasteiger partial charge in [0.2, 0.25) is 0 Å². The molecule has 1 aromatic carbocycles. The lowest BCUT2D eigenvalue weighted by Gasteiger charge is -2.22. The molecule has 0 amide bonds. The highest BCUT2D eigenvalue weighted by atomic mass is 16.5. The van der Waals surface area contributed by atoms with Crippen molar-refractivity contribution < 1.29 is 14.6 Å². The number of phenols is 1. The van der Waals surface area contributed by atoms with E-state index in [9.17, 15) is 9.90 Å². The Morgan fingerprint density at radius 2 is 1.90 bits per heavy atom. The van der Waals surface area contributed by atoms with Crippen molar-refractivity contribution >= 4 is 5.78 Å². The van der Waals surface area contributed by atoms with Gasteiger partial charge in [0.25, 0.3) is 0 Å². The van der Waals surface area contributed by atoms with Crippen molar-refractivity contribution in [2.75, 3.05) is 13.2 Å². The van der Waals surface area contributed by atoms with Gasteiger partial charge in [0.15, 0.2) is 0 Å². The van der Waals surface area contributed by atoms with E-state index in [1.54, 1.807) is 0 Å². The quantitative estimate of drug-likeness (QED) is 0.775. The van der Waals surface area contributed by atoms with Gasteiger partial charge in [0.1, 0.15) is 11.5 Å². The Labute approximate surface area is 128 Å². The second-order valence-electron chi connectivity index (χ2n) is 6.54. The topological polar surface area (TPSA) is 46.5 Å². The van der Waals surface area contributed by atoms with Crippen LogP contribution in [0.5, 0.6) is 5.75 Å². The number of aryl methyl sites for hydroxylation is 2. The molecule has 0 fully saturated rings. The molecule has 0 aliphatic heterocycles. The lowest BCUT2D eigenvalue weighted by Crippen LogP contribution is -2.13. The zero-order valence-electron chi connectivity index (χ0n) is 14.0. The van der Waals surface area contributed by atoms with E-state index in [0.29, 0.717) is 31.8 Å². The van der Waals surface area contributed by atoms with Gasteiger partial charge in [-0.1, -0.05) is 32.9 Å². The second kappa shape index (κ2) is 7.60. The van der Waals surface area contributed by atoms with E-state index in [-0.39, 0.29) is 11.2 Å². The number of Topliss-reactive ketones (excluding diaryl/α,β-unsaturated/α-hetero) is 1. The number of phenolic OH excluding ortho intramolecular Hbond substituents is 1. The summed E-state index contributed by atoms with van der Waals surface area (Å²) in [6, 6.07) is 4.00. The van der Waals surface area contributed by atoms with E-state index >= 15 is 0 Å². The molecule has 0 aliphatic rings. The molecule has 0 atom stereocenters. The highest BCUT2D eigenvalue weighted by molar-refractivity contribution is 5.78. The average molecular weight is 292 g/mol. The summed E-state index contributed by atoms with van der Waals surface area (Å²) in [4.78, 5) is 11.8. The summed E-state index contributed by atoms with van der Waals surface area (Å²) in [6.45, 7) is 11.2. The van der Waals surface area contributed by atoms with Crippen LogP contribution in [0, 0.1) is 6.92 Å². The van der Waals surface area contributed by atoms with Crippen LogP contribution in [0.25, 0.3) is 0 Å². The highest BCUT2D eigenvalue weighted by Crippen LogP contribution is 2.34. The molecule has 1 aromatic rings. The first kappa shape index (κ1) is 17.7. The number of hydrogen-bond donors (Lipinski definition) is 1. The number of carbonyl (C=O) groups is 1. The van der Waals surface area contributed by atoms with Gasteiger partial charge in [-0.25, -0.2) is 0 Å². The first-order valence-corrected chi connectivity index (χ1v) is 7.68. The minimum atomic E-state index is -0.107. The molecule has 3 nitrogen and oxygen atoms in total. The van der Waals surface area contributed by atoms with Crippen LogP contribution < -0.4 is 0 Å². The van der Waals surface area contributed by atoms with Crippen LogP contribution in [0.1, 0.15) is 57.2 Å². The summed E-state index contributed by atoms with van der Waals surface area (Å²) in [5, 5.41) is 10.2. The number of carbonyl (C=O) groups excluding carboxylic acids is 1. The van der Waals surface area contributed by atoms with Crippen molar-refractivity contribution in [2.45, 2.75) is 59.3 Å².